The molecule has 0 atom stereocenters. The van der Waals surface area contributed by atoms with E-state index in [0.29, 0.717) is 18.3 Å². The van der Waals surface area contributed by atoms with Crippen LogP contribution in [0.3, 0.4) is 0 Å². The van der Waals surface area contributed by atoms with Crippen molar-refractivity contribution in [3.05, 3.63) is 52.5 Å². The van der Waals surface area contributed by atoms with Crippen molar-refractivity contribution >= 4 is 15.9 Å². The summed E-state index contributed by atoms with van der Waals surface area (Å²) in [6.45, 7) is 4.63. The number of pyridine rings is 1. The van der Waals surface area contributed by atoms with Crippen LogP contribution in [0.15, 0.2) is 41.1 Å². The molecule has 3 nitrogen and oxygen atoms in total. The third kappa shape index (κ3) is 4.02. The highest BCUT2D eigenvalue weighted by atomic mass is 79.9. The molecule has 0 radical (unpaired) electrons. The van der Waals surface area contributed by atoms with Crippen LogP contribution in [0.5, 0.6) is 11.5 Å². The summed E-state index contributed by atoms with van der Waals surface area (Å²) in [5.74, 6) is 0.351. The SMILES string of the molecule is CC(C)NCc1cccc(F)c1Oc1cncc(Br)c1. The molecule has 0 aliphatic rings. The van der Waals surface area contributed by atoms with E-state index in [9.17, 15) is 4.39 Å². The zero-order valence-corrected chi connectivity index (χ0v) is 12.9. The number of aromatic nitrogens is 1. The van der Waals surface area contributed by atoms with E-state index in [1.54, 1.807) is 24.5 Å². The zero-order chi connectivity index (χ0) is 14.5. The van der Waals surface area contributed by atoms with Crippen molar-refractivity contribution in [2.45, 2.75) is 26.4 Å². The first-order chi connectivity index (χ1) is 9.56. The molecule has 20 heavy (non-hydrogen) atoms. The Kier molecular flexibility index (Phi) is 5.09. The highest BCUT2D eigenvalue weighted by Gasteiger charge is 2.11. The molecule has 2 aromatic rings. The second-order valence-corrected chi connectivity index (χ2v) is 5.62. The van der Waals surface area contributed by atoms with Gasteiger partial charge in [0, 0.05) is 28.8 Å². The van der Waals surface area contributed by atoms with Crippen LogP contribution >= 0.6 is 15.9 Å². The lowest BCUT2D eigenvalue weighted by molar-refractivity contribution is 0.430. The van der Waals surface area contributed by atoms with E-state index < -0.39 is 0 Å². The van der Waals surface area contributed by atoms with E-state index in [0.717, 1.165) is 10.0 Å². The molecule has 1 aromatic carbocycles. The van der Waals surface area contributed by atoms with Gasteiger partial charge in [0.25, 0.3) is 0 Å². The largest absolute Gasteiger partial charge is 0.452 e. The molecule has 2 rings (SSSR count). The van der Waals surface area contributed by atoms with Crippen LogP contribution < -0.4 is 10.1 Å². The Morgan fingerprint density at radius 3 is 2.85 bits per heavy atom. The van der Waals surface area contributed by atoms with Crippen molar-refractivity contribution in [3.8, 4) is 11.5 Å². The summed E-state index contributed by atoms with van der Waals surface area (Å²) < 4.78 is 20.4. The third-order valence-electron chi connectivity index (χ3n) is 2.65. The number of nitrogens with zero attached hydrogens (tertiary/aromatic N) is 1. The van der Waals surface area contributed by atoms with Gasteiger partial charge in [-0.3, -0.25) is 4.98 Å². The van der Waals surface area contributed by atoms with Gasteiger partial charge >= 0.3 is 0 Å². The molecular formula is C15H16BrFN2O. The van der Waals surface area contributed by atoms with Crippen LogP contribution in [0.1, 0.15) is 19.4 Å². The maximum Gasteiger partial charge on any atom is 0.167 e. The van der Waals surface area contributed by atoms with Crippen LogP contribution in [-0.2, 0) is 6.54 Å². The summed E-state index contributed by atoms with van der Waals surface area (Å²) in [6, 6.07) is 6.98. The standard InChI is InChI=1S/C15H16BrFN2O/c1-10(2)19-7-11-4-3-5-14(17)15(11)20-13-6-12(16)8-18-9-13/h3-6,8-10,19H,7H2,1-2H3. The van der Waals surface area contributed by atoms with Gasteiger partial charge < -0.3 is 10.1 Å². The number of hydrogen-bond acceptors (Lipinski definition) is 3. The zero-order valence-electron chi connectivity index (χ0n) is 11.4. The molecule has 0 unspecified atom stereocenters. The monoisotopic (exact) mass is 338 g/mol. The second kappa shape index (κ2) is 6.81. The number of benzene rings is 1. The number of para-hydroxylation sites is 1. The van der Waals surface area contributed by atoms with Crippen LogP contribution in [0.2, 0.25) is 0 Å². The minimum atomic E-state index is -0.381. The highest BCUT2D eigenvalue weighted by Crippen LogP contribution is 2.29. The summed E-state index contributed by atoms with van der Waals surface area (Å²) in [6.07, 6.45) is 3.20. The molecule has 0 fully saturated rings. The molecule has 106 valence electrons. The first-order valence-electron chi connectivity index (χ1n) is 6.35. The smallest absolute Gasteiger partial charge is 0.167 e. The van der Waals surface area contributed by atoms with Crippen molar-refractivity contribution in [2.24, 2.45) is 0 Å². The summed E-state index contributed by atoms with van der Waals surface area (Å²) >= 11 is 3.31. The van der Waals surface area contributed by atoms with E-state index in [2.05, 4.69) is 26.2 Å². The Balaban J connectivity index is 2.25. The lowest BCUT2D eigenvalue weighted by Crippen LogP contribution is -2.22. The van der Waals surface area contributed by atoms with E-state index in [-0.39, 0.29) is 11.6 Å². The second-order valence-electron chi connectivity index (χ2n) is 4.70. The molecular weight excluding hydrogens is 323 g/mol. The van der Waals surface area contributed by atoms with Gasteiger partial charge in [-0.05, 0) is 28.1 Å². The van der Waals surface area contributed by atoms with Gasteiger partial charge in [0.15, 0.2) is 11.6 Å². The average molecular weight is 339 g/mol. The predicted octanol–water partition coefficient (Wildman–Crippen LogP) is 4.27. The van der Waals surface area contributed by atoms with Crippen LogP contribution in [-0.4, -0.2) is 11.0 Å². The van der Waals surface area contributed by atoms with Crippen molar-refractivity contribution < 1.29 is 9.13 Å². The van der Waals surface area contributed by atoms with Gasteiger partial charge in [-0.15, -0.1) is 0 Å². The van der Waals surface area contributed by atoms with E-state index in [1.165, 1.54) is 6.07 Å². The summed E-state index contributed by atoms with van der Waals surface area (Å²) in [5, 5.41) is 3.25. The average Bonchev–Trinajstić information content (AvgIpc) is 2.39. The number of hydrogen-bond donors (Lipinski definition) is 1. The third-order valence-corrected chi connectivity index (χ3v) is 3.08. The van der Waals surface area contributed by atoms with Gasteiger partial charge in [0.2, 0.25) is 0 Å². The van der Waals surface area contributed by atoms with Gasteiger partial charge in [0.1, 0.15) is 5.75 Å². The fraction of sp³-hybridized carbons (Fsp3) is 0.267. The lowest BCUT2D eigenvalue weighted by Gasteiger charge is -2.14. The van der Waals surface area contributed by atoms with Crippen molar-refractivity contribution in [2.75, 3.05) is 0 Å². The summed E-state index contributed by atoms with van der Waals surface area (Å²) in [7, 11) is 0. The topological polar surface area (TPSA) is 34.1 Å². The molecule has 0 saturated heterocycles. The molecule has 1 heterocycles. The Morgan fingerprint density at radius 2 is 2.15 bits per heavy atom. The first-order valence-corrected chi connectivity index (χ1v) is 7.14. The Hall–Kier alpha value is -1.46. The molecule has 0 bridgehead atoms. The molecule has 5 heteroatoms. The summed E-state index contributed by atoms with van der Waals surface area (Å²) in [5.41, 5.74) is 0.777. The van der Waals surface area contributed by atoms with Crippen molar-refractivity contribution in [1.29, 1.82) is 0 Å². The van der Waals surface area contributed by atoms with Crippen LogP contribution in [0.25, 0.3) is 0 Å². The Bertz CT molecular complexity index is 590. The molecule has 0 spiro atoms. The number of halogens is 2. The maximum atomic E-state index is 14.0. The molecule has 0 saturated carbocycles. The van der Waals surface area contributed by atoms with Gasteiger partial charge in [-0.1, -0.05) is 26.0 Å². The fourth-order valence-corrected chi connectivity index (χ4v) is 2.03. The fourth-order valence-electron chi connectivity index (χ4n) is 1.69. The van der Waals surface area contributed by atoms with Crippen molar-refractivity contribution in [1.82, 2.24) is 10.3 Å². The lowest BCUT2D eigenvalue weighted by atomic mass is 10.2. The van der Waals surface area contributed by atoms with E-state index in [1.807, 2.05) is 19.9 Å². The molecule has 1 aromatic heterocycles. The first kappa shape index (κ1) is 14.9. The normalized spacial score (nSPS) is 10.8. The predicted molar refractivity (Wildman–Crippen MR) is 80.4 cm³/mol. The maximum absolute atomic E-state index is 14.0. The minimum Gasteiger partial charge on any atom is -0.452 e. The highest BCUT2D eigenvalue weighted by molar-refractivity contribution is 9.10. The molecule has 1 N–H and O–H groups in total. The van der Waals surface area contributed by atoms with E-state index >= 15 is 0 Å². The Labute approximate surface area is 126 Å². The van der Waals surface area contributed by atoms with Crippen LogP contribution in [0.4, 0.5) is 4.39 Å². The minimum absolute atomic E-state index is 0.237. The number of rotatable bonds is 5. The quantitative estimate of drug-likeness (QED) is 0.883. The molecule has 0 aliphatic heterocycles. The van der Waals surface area contributed by atoms with Crippen LogP contribution in [0, 0.1) is 5.82 Å². The Morgan fingerprint density at radius 1 is 1.35 bits per heavy atom. The molecule has 0 amide bonds. The number of ether oxygens (including phenoxy) is 1. The summed E-state index contributed by atoms with van der Waals surface area (Å²) in [4.78, 5) is 4.00. The van der Waals surface area contributed by atoms with E-state index in [4.69, 9.17) is 4.74 Å². The number of nitrogens with one attached hydrogen (secondary N) is 1. The van der Waals surface area contributed by atoms with Gasteiger partial charge in [-0.25, -0.2) is 4.39 Å². The molecule has 0 aliphatic carbocycles. The van der Waals surface area contributed by atoms with Crippen molar-refractivity contribution in [3.63, 3.8) is 0 Å². The van der Waals surface area contributed by atoms with Gasteiger partial charge in [-0.2, -0.15) is 0 Å². The van der Waals surface area contributed by atoms with Gasteiger partial charge in [0.05, 0.1) is 6.20 Å².